The number of nitrogens with one attached hydrogen (secondary N) is 1. The number of ether oxygens (including phenoxy) is 1. The van der Waals surface area contributed by atoms with E-state index >= 15 is 0 Å². The lowest BCUT2D eigenvalue weighted by Gasteiger charge is -2.36. The molecule has 0 bridgehead atoms. The first-order chi connectivity index (χ1) is 13.6. The molecule has 0 unspecified atom stereocenters. The van der Waals surface area contributed by atoms with E-state index in [4.69, 9.17) is 4.74 Å². The Bertz CT molecular complexity index is 741. The number of nitrogens with zero attached hydrogens (tertiary/aromatic N) is 2. The van der Waals surface area contributed by atoms with E-state index in [0.29, 0.717) is 6.54 Å². The Hall–Kier alpha value is -2.69. The van der Waals surface area contributed by atoms with Gasteiger partial charge in [-0.15, -0.1) is 0 Å². The molecule has 28 heavy (non-hydrogen) atoms. The van der Waals surface area contributed by atoms with Crippen LogP contribution in [0.5, 0.6) is 5.75 Å². The fourth-order valence-corrected chi connectivity index (χ4v) is 3.47. The van der Waals surface area contributed by atoms with Crippen molar-refractivity contribution in [2.45, 2.75) is 32.8 Å². The molecule has 0 aliphatic carbocycles. The van der Waals surface area contributed by atoms with Crippen LogP contribution in [0.25, 0.3) is 0 Å². The Morgan fingerprint density at radius 1 is 1.00 bits per heavy atom. The maximum absolute atomic E-state index is 12.4. The fourth-order valence-electron chi connectivity index (χ4n) is 3.47. The van der Waals surface area contributed by atoms with Crippen LogP contribution in [0.3, 0.4) is 0 Å². The van der Waals surface area contributed by atoms with Gasteiger partial charge in [-0.25, -0.2) is 4.79 Å². The van der Waals surface area contributed by atoms with Crippen LogP contribution in [0.1, 0.15) is 25.8 Å². The first-order valence-corrected chi connectivity index (χ1v) is 10.2. The number of benzene rings is 2. The Morgan fingerprint density at radius 3 is 2.39 bits per heavy atom. The number of piperazine rings is 1. The lowest BCUT2D eigenvalue weighted by Crippen LogP contribution is -2.52. The van der Waals surface area contributed by atoms with Crippen LogP contribution in [-0.4, -0.2) is 49.8 Å². The van der Waals surface area contributed by atoms with Crippen molar-refractivity contribution in [2.75, 3.05) is 37.6 Å². The normalized spacial score (nSPS) is 14.2. The minimum Gasteiger partial charge on any atom is -0.489 e. The molecule has 0 aromatic heterocycles. The van der Waals surface area contributed by atoms with Crippen LogP contribution >= 0.6 is 0 Å². The van der Waals surface area contributed by atoms with E-state index in [1.807, 2.05) is 43.0 Å². The average Bonchev–Trinajstić information content (AvgIpc) is 2.72. The summed E-state index contributed by atoms with van der Waals surface area (Å²) in [7, 11) is 0. The zero-order valence-corrected chi connectivity index (χ0v) is 16.9. The molecule has 0 radical (unpaired) electrons. The topological polar surface area (TPSA) is 44.8 Å². The molecule has 0 spiro atoms. The van der Waals surface area contributed by atoms with Crippen molar-refractivity contribution < 1.29 is 9.53 Å². The van der Waals surface area contributed by atoms with Gasteiger partial charge in [-0.2, -0.15) is 0 Å². The van der Waals surface area contributed by atoms with E-state index in [2.05, 4.69) is 40.5 Å². The molecule has 1 saturated heterocycles. The molecule has 3 rings (SSSR count). The van der Waals surface area contributed by atoms with Gasteiger partial charge in [-0.1, -0.05) is 42.5 Å². The minimum atomic E-state index is 0.0411. The van der Waals surface area contributed by atoms with Crippen LogP contribution in [0.15, 0.2) is 54.6 Å². The third-order valence-corrected chi connectivity index (χ3v) is 4.90. The second kappa shape index (κ2) is 10.0. The number of carbonyl (C=O) groups excluding carboxylic acids is 1. The summed E-state index contributed by atoms with van der Waals surface area (Å²) in [5, 5.41) is 3.06. The van der Waals surface area contributed by atoms with Crippen LogP contribution in [-0.2, 0) is 6.42 Å². The van der Waals surface area contributed by atoms with Crippen LogP contribution in [0.4, 0.5) is 10.5 Å². The van der Waals surface area contributed by atoms with E-state index in [1.165, 1.54) is 5.56 Å². The van der Waals surface area contributed by atoms with Gasteiger partial charge in [0, 0.05) is 32.7 Å². The van der Waals surface area contributed by atoms with Crippen LogP contribution in [0, 0.1) is 0 Å². The van der Waals surface area contributed by atoms with Gasteiger partial charge in [0.15, 0.2) is 0 Å². The van der Waals surface area contributed by atoms with E-state index in [0.717, 1.165) is 50.5 Å². The second-order valence-corrected chi connectivity index (χ2v) is 7.43. The number of urea groups is 1. The molecule has 1 fully saturated rings. The van der Waals surface area contributed by atoms with Gasteiger partial charge in [0.05, 0.1) is 11.8 Å². The highest BCUT2D eigenvalue weighted by Gasteiger charge is 2.22. The molecule has 1 aliphatic heterocycles. The molecular formula is C23H31N3O2. The fraction of sp³-hybridized carbons (Fsp3) is 0.435. The minimum absolute atomic E-state index is 0.0411. The molecule has 2 aromatic rings. The zero-order valence-electron chi connectivity index (χ0n) is 16.9. The highest BCUT2D eigenvalue weighted by molar-refractivity contribution is 5.74. The number of hydrogen-bond acceptors (Lipinski definition) is 3. The standard InChI is InChI=1S/C23H31N3O2/c1-19(2)28-22-13-7-6-12-21(22)25-15-17-26(18-16-25)23(27)24-14-8-11-20-9-4-3-5-10-20/h3-7,9-10,12-13,19H,8,11,14-18H2,1-2H3,(H,24,27). The average molecular weight is 382 g/mol. The third-order valence-electron chi connectivity index (χ3n) is 4.90. The van der Waals surface area contributed by atoms with Gasteiger partial charge in [0.2, 0.25) is 0 Å². The molecule has 0 saturated carbocycles. The number of carbonyl (C=O) groups is 1. The molecule has 150 valence electrons. The van der Waals surface area contributed by atoms with Gasteiger partial charge in [0.25, 0.3) is 0 Å². The molecule has 5 heteroatoms. The van der Waals surface area contributed by atoms with Gasteiger partial charge in [0.1, 0.15) is 5.75 Å². The number of hydrogen-bond donors (Lipinski definition) is 1. The summed E-state index contributed by atoms with van der Waals surface area (Å²) in [5.74, 6) is 0.913. The van der Waals surface area contributed by atoms with Gasteiger partial charge >= 0.3 is 6.03 Å². The highest BCUT2D eigenvalue weighted by Crippen LogP contribution is 2.29. The summed E-state index contributed by atoms with van der Waals surface area (Å²) >= 11 is 0. The number of aryl methyl sites for hydroxylation is 1. The first kappa shape index (κ1) is 20.1. The molecule has 1 aliphatic rings. The van der Waals surface area contributed by atoms with Crippen molar-refractivity contribution in [3.63, 3.8) is 0 Å². The number of amides is 2. The second-order valence-electron chi connectivity index (χ2n) is 7.43. The molecular weight excluding hydrogens is 350 g/mol. The number of anilines is 1. The van der Waals surface area contributed by atoms with Crippen molar-refractivity contribution in [1.82, 2.24) is 10.2 Å². The van der Waals surface area contributed by atoms with Crippen molar-refractivity contribution >= 4 is 11.7 Å². The van der Waals surface area contributed by atoms with Crippen molar-refractivity contribution in [1.29, 1.82) is 0 Å². The van der Waals surface area contributed by atoms with Gasteiger partial charge in [-0.05, 0) is 44.4 Å². The number of rotatable bonds is 7. The van der Waals surface area contributed by atoms with Crippen molar-refractivity contribution in [3.05, 3.63) is 60.2 Å². The lowest BCUT2D eigenvalue weighted by atomic mass is 10.1. The SMILES string of the molecule is CC(C)Oc1ccccc1N1CCN(C(=O)NCCCc2ccccc2)CC1. The largest absolute Gasteiger partial charge is 0.489 e. The summed E-state index contributed by atoms with van der Waals surface area (Å²) in [6.45, 7) is 7.86. The van der Waals surface area contributed by atoms with E-state index in [9.17, 15) is 4.79 Å². The Balaban J connectivity index is 1.43. The van der Waals surface area contributed by atoms with Crippen LogP contribution in [0.2, 0.25) is 0 Å². The summed E-state index contributed by atoms with van der Waals surface area (Å²) in [5.41, 5.74) is 2.42. The van der Waals surface area contributed by atoms with Gasteiger partial charge in [-0.3, -0.25) is 0 Å². The van der Waals surface area contributed by atoms with Crippen LogP contribution < -0.4 is 15.0 Å². The van der Waals surface area contributed by atoms with Crippen molar-refractivity contribution in [2.24, 2.45) is 0 Å². The zero-order chi connectivity index (χ0) is 19.8. The first-order valence-electron chi connectivity index (χ1n) is 10.2. The van der Waals surface area contributed by atoms with E-state index in [-0.39, 0.29) is 12.1 Å². The predicted octanol–water partition coefficient (Wildman–Crippen LogP) is 3.94. The highest BCUT2D eigenvalue weighted by atomic mass is 16.5. The smallest absolute Gasteiger partial charge is 0.317 e. The van der Waals surface area contributed by atoms with Crippen molar-refractivity contribution in [3.8, 4) is 5.75 Å². The maximum atomic E-state index is 12.4. The monoisotopic (exact) mass is 381 g/mol. The molecule has 1 N–H and O–H groups in total. The predicted molar refractivity (Wildman–Crippen MR) is 114 cm³/mol. The van der Waals surface area contributed by atoms with Gasteiger partial charge < -0.3 is 19.9 Å². The Kier molecular flexibility index (Phi) is 7.18. The summed E-state index contributed by atoms with van der Waals surface area (Å²) < 4.78 is 5.94. The molecule has 1 heterocycles. The summed E-state index contributed by atoms with van der Waals surface area (Å²) in [6, 6.07) is 18.6. The molecule has 0 atom stereocenters. The molecule has 2 amide bonds. The quantitative estimate of drug-likeness (QED) is 0.739. The summed E-state index contributed by atoms with van der Waals surface area (Å²) in [4.78, 5) is 16.6. The Morgan fingerprint density at radius 2 is 1.68 bits per heavy atom. The Labute approximate surface area is 168 Å². The molecule has 5 nitrogen and oxygen atoms in total. The van der Waals surface area contributed by atoms with E-state index in [1.54, 1.807) is 0 Å². The maximum Gasteiger partial charge on any atom is 0.317 e. The lowest BCUT2D eigenvalue weighted by molar-refractivity contribution is 0.194. The van der Waals surface area contributed by atoms with E-state index < -0.39 is 0 Å². The third kappa shape index (κ3) is 5.65. The molecule has 2 aromatic carbocycles. The number of para-hydroxylation sites is 2. The summed E-state index contributed by atoms with van der Waals surface area (Å²) in [6.07, 6.45) is 2.08.